The Hall–Kier alpha value is -1.63. The Morgan fingerprint density at radius 1 is 1.06 bits per heavy atom. The van der Waals surface area contributed by atoms with E-state index in [4.69, 9.17) is 4.98 Å². The molecule has 86 valence electrons. The molecule has 17 heavy (non-hydrogen) atoms. The minimum absolute atomic E-state index is 1.11. The third kappa shape index (κ3) is 2.10. The second-order valence-electron chi connectivity index (χ2n) is 4.87. The van der Waals surface area contributed by atoms with E-state index >= 15 is 0 Å². The summed E-state index contributed by atoms with van der Waals surface area (Å²) in [6.45, 7) is 2.12. The van der Waals surface area contributed by atoms with Gasteiger partial charge in [-0.15, -0.1) is 0 Å². The molecule has 1 aromatic carbocycles. The Morgan fingerprint density at radius 2 is 2.00 bits per heavy atom. The molecule has 0 aliphatic heterocycles. The average molecular weight is 223 g/mol. The molecule has 2 aromatic rings. The van der Waals surface area contributed by atoms with E-state index in [9.17, 15) is 0 Å². The average Bonchev–Trinajstić information content (AvgIpc) is 2.39. The largest absolute Gasteiger partial charge is 0.248 e. The molecule has 0 radical (unpaired) electrons. The standard InChI is InChI=1S/C16H17N/c1-12-7-9-16-14(11-12)8-10-15(17-16)13-5-3-2-4-6-13/h5,7-11H,2-4,6H2,1H3. The highest BCUT2D eigenvalue weighted by Crippen LogP contribution is 2.26. The van der Waals surface area contributed by atoms with Gasteiger partial charge in [-0.3, -0.25) is 0 Å². The molecule has 1 heterocycles. The molecule has 1 heteroatoms. The van der Waals surface area contributed by atoms with Gasteiger partial charge in [0.1, 0.15) is 0 Å². The molecule has 0 spiro atoms. The predicted molar refractivity (Wildman–Crippen MR) is 72.9 cm³/mol. The molecule has 0 saturated carbocycles. The number of hydrogen-bond donors (Lipinski definition) is 0. The smallest absolute Gasteiger partial charge is 0.0709 e. The highest BCUT2D eigenvalue weighted by molar-refractivity contribution is 5.81. The van der Waals surface area contributed by atoms with E-state index in [0.717, 1.165) is 5.52 Å². The molecule has 0 atom stereocenters. The molecule has 1 aromatic heterocycles. The van der Waals surface area contributed by atoms with Crippen molar-refractivity contribution in [3.8, 4) is 0 Å². The lowest BCUT2D eigenvalue weighted by molar-refractivity contribution is 0.740. The van der Waals surface area contributed by atoms with Gasteiger partial charge in [0.05, 0.1) is 11.2 Å². The summed E-state index contributed by atoms with van der Waals surface area (Å²) in [5.41, 5.74) is 5.00. The van der Waals surface area contributed by atoms with E-state index in [1.165, 1.54) is 47.9 Å². The van der Waals surface area contributed by atoms with Gasteiger partial charge in [0.15, 0.2) is 0 Å². The van der Waals surface area contributed by atoms with Crippen LogP contribution in [0.15, 0.2) is 36.4 Å². The molecule has 1 aliphatic rings. The van der Waals surface area contributed by atoms with Gasteiger partial charge >= 0.3 is 0 Å². The first-order valence-electron chi connectivity index (χ1n) is 6.40. The van der Waals surface area contributed by atoms with Crippen LogP contribution in [-0.4, -0.2) is 4.98 Å². The lowest BCUT2D eigenvalue weighted by atomic mass is 9.96. The van der Waals surface area contributed by atoms with Crippen LogP contribution in [-0.2, 0) is 0 Å². The second kappa shape index (κ2) is 4.33. The summed E-state index contributed by atoms with van der Waals surface area (Å²) >= 11 is 0. The Bertz CT molecular complexity index is 581. The zero-order valence-electron chi connectivity index (χ0n) is 10.2. The van der Waals surface area contributed by atoms with Gasteiger partial charge in [0.2, 0.25) is 0 Å². The predicted octanol–water partition coefficient (Wildman–Crippen LogP) is 4.50. The van der Waals surface area contributed by atoms with E-state index in [0.29, 0.717) is 0 Å². The Kier molecular flexibility index (Phi) is 2.68. The van der Waals surface area contributed by atoms with Gasteiger partial charge in [0, 0.05) is 5.39 Å². The van der Waals surface area contributed by atoms with Gasteiger partial charge < -0.3 is 0 Å². The lowest BCUT2D eigenvalue weighted by Gasteiger charge is -2.12. The molecule has 0 N–H and O–H groups in total. The van der Waals surface area contributed by atoms with E-state index in [1.807, 2.05) is 0 Å². The lowest BCUT2D eigenvalue weighted by Crippen LogP contribution is -1.95. The van der Waals surface area contributed by atoms with E-state index < -0.39 is 0 Å². The fourth-order valence-electron chi connectivity index (χ4n) is 2.49. The SMILES string of the molecule is Cc1ccc2nc(C3=CCCCC3)ccc2c1. The van der Waals surface area contributed by atoms with Gasteiger partial charge in [0.25, 0.3) is 0 Å². The van der Waals surface area contributed by atoms with Gasteiger partial charge in [-0.05, 0) is 56.4 Å². The summed E-state index contributed by atoms with van der Waals surface area (Å²) in [7, 11) is 0. The van der Waals surface area contributed by atoms with Crippen molar-refractivity contribution in [1.82, 2.24) is 4.98 Å². The number of rotatable bonds is 1. The summed E-state index contributed by atoms with van der Waals surface area (Å²) in [5.74, 6) is 0. The zero-order valence-corrected chi connectivity index (χ0v) is 10.2. The normalized spacial score (nSPS) is 15.9. The maximum Gasteiger partial charge on any atom is 0.0709 e. The van der Waals surface area contributed by atoms with Crippen LogP contribution in [0, 0.1) is 6.92 Å². The van der Waals surface area contributed by atoms with Crippen molar-refractivity contribution >= 4 is 16.5 Å². The first kappa shape index (κ1) is 10.5. The molecule has 0 amide bonds. The topological polar surface area (TPSA) is 12.9 Å². The van der Waals surface area contributed by atoms with E-state index in [-0.39, 0.29) is 0 Å². The molecular formula is C16H17N. The minimum Gasteiger partial charge on any atom is -0.248 e. The third-order valence-electron chi connectivity index (χ3n) is 3.46. The Labute approximate surface area is 102 Å². The molecule has 0 unspecified atom stereocenters. The first-order valence-corrected chi connectivity index (χ1v) is 6.40. The highest BCUT2D eigenvalue weighted by atomic mass is 14.7. The number of fused-ring (bicyclic) bond motifs is 1. The summed E-state index contributed by atoms with van der Waals surface area (Å²) in [6, 6.07) is 10.8. The second-order valence-corrected chi connectivity index (χ2v) is 4.87. The fraction of sp³-hybridized carbons (Fsp3) is 0.312. The van der Waals surface area contributed by atoms with Crippen LogP contribution < -0.4 is 0 Å². The van der Waals surface area contributed by atoms with Crippen molar-refractivity contribution in [3.05, 3.63) is 47.7 Å². The van der Waals surface area contributed by atoms with Crippen molar-refractivity contribution in [2.24, 2.45) is 0 Å². The molecule has 3 rings (SSSR count). The number of nitrogens with zero attached hydrogens (tertiary/aromatic N) is 1. The summed E-state index contributed by atoms with van der Waals surface area (Å²) < 4.78 is 0. The number of aromatic nitrogens is 1. The Morgan fingerprint density at radius 3 is 2.82 bits per heavy atom. The number of aryl methyl sites for hydroxylation is 1. The molecule has 1 aliphatic carbocycles. The number of allylic oxidation sites excluding steroid dienone is 2. The zero-order chi connectivity index (χ0) is 11.7. The molecule has 0 fully saturated rings. The quantitative estimate of drug-likeness (QED) is 0.693. The van der Waals surface area contributed by atoms with Crippen molar-refractivity contribution in [1.29, 1.82) is 0 Å². The van der Waals surface area contributed by atoms with Crippen molar-refractivity contribution in [3.63, 3.8) is 0 Å². The van der Waals surface area contributed by atoms with Crippen LogP contribution in [0.3, 0.4) is 0 Å². The van der Waals surface area contributed by atoms with Crippen LogP contribution in [0.1, 0.15) is 36.9 Å². The van der Waals surface area contributed by atoms with Crippen LogP contribution >= 0.6 is 0 Å². The monoisotopic (exact) mass is 223 g/mol. The number of pyridine rings is 1. The third-order valence-corrected chi connectivity index (χ3v) is 3.46. The fourth-order valence-corrected chi connectivity index (χ4v) is 2.49. The van der Waals surface area contributed by atoms with Crippen LogP contribution in [0.25, 0.3) is 16.5 Å². The summed E-state index contributed by atoms with van der Waals surface area (Å²) in [5, 5.41) is 1.24. The van der Waals surface area contributed by atoms with Crippen molar-refractivity contribution in [2.75, 3.05) is 0 Å². The first-order chi connectivity index (χ1) is 8.33. The van der Waals surface area contributed by atoms with Gasteiger partial charge in [-0.2, -0.15) is 0 Å². The Balaban J connectivity index is 2.07. The number of benzene rings is 1. The molecule has 0 saturated heterocycles. The van der Waals surface area contributed by atoms with E-state index in [1.54, 1.807) is 0 Å². The highest BCUT2D eigenvalue weighted by Gasteiger charge is 2.07. The van der Waals surface area contributed by atoms with Crippen LogP contribution in [0.4, 0.5) is 0 Å². The maximum absolute atomic E-state index is 4.77. The molecule has 0 bridgehead atoms. The van der Waals surface area contributed by atoms with Crippen molar-refractivity contribution < 1.29 is 0 Å². The van der Waals surface area contributed by atoms with Crippen LogP contribution in [0.2, 0.25) is 0 Å². The van der Waals surface area contributed by atoms with Gasteiger partial charge in [-0.25, -0.2) is 4.98 Å². The summed E-state index contributed by atoms with van der Waals surface area (Å²) in [4.78, 5) is 4.77. The molecular weight excluding hydrogens is 206 g/mol. The maximum atomic E-state index is 4.77. The van der Waals surface area contributed by atoms with Crippen LogP contribution in [0.5, 0.6) is 0 Å². The molecule has 1 nitrogen and oxygen atoms in total. The van der Waals surface area contributed by atoms with Gasteiger partial charge in [-0.1, -0.05) is 23.8 Å². The number of hydrogen-bond acceptors (Lipinski definition) is 1. The summed E-state index contributed by atoms with van der Waals surface area (Å²) in [6.07, 6.45) is 7.38. The minimum atomic E-state index is 1.11. The van der Waals surface area contributed by atoms with E-state index in [2.05, 4.69) is 43.3 Å². The van der Waals surface area contributed by atoms with Crippen molar-refractivity contribution in [2.45, 2.75) is 32.6 Å².